The lowest BCUT2D eigenvalue weighted by Gasteiger charge is -2.15. The van der Waals surface area contributed by atoms with Gasteiger partial charge in [0.15, 0.2) is 6.10 Å². The van der Waals surface area contributed by atoms with E-state index < -0.39 is 12.1 Å². The molecule has 0 bridgehead atoms. The number of hydrogen-bond acceptors (Lipinski definition) is 3. The molecule has 1 fully saturated rings. The third kappa shape index (κ3) is 3.54. The molecule has 1 aromatic carbocycles. The van der Waals surface area contributed by atoms with Crippen LogP contribution in [-0.2, 0) is 9.53 Å². The molecule has 0 radical (unpaired) electrons. The van der Waals surface area contributed by atoms with Gasteiger partial charge in [-0.25, -0.2) is 4.79 Å². The largest absolute Gasteiger partial charge is 0.479 e. The van der Waals surface area contributed by atoms with E-state index in [0.717, 1.165) is 4.47 Å². The van der Waals surface area contributed by atoms with Gasteiger partial charge in [-0.2, -0.15) is 0 Å². The highest BCUT2D eigenvalue weighted by Crippen LogP contribution is 2.36. The number of aliphatic carboxylic acids is 1. The number of nitrogens with one attached hydrogen (secondary N) is 1. The number of carboxylic acids is 1. The predicted molar refractivity (Wildman–Crippen MR) is 78.2 cm³/mol. The van der Waals surface area contributed by atoms with Crippen molar-refractivity contribution >= 4 is 50.8 Å². The van der Waals surface area contributed by atoms with Gasteiger partial charge in [-0.05, 0) is 40.9 Å². The van der Waals surface area contributed by atoms with Gasteiger partial charge in [-0.1, -0.05) is 23.2 Å². The summed E-state index contributed by atoms with van der Waals surface area (Å²) in [5.74, 6) is -0.910. The molecular weight excluding hydrogens is 357 g/mol. The van der Waals surface area contributed by atoms with Gasteiger partial charge in [0.1, 0.15) is 0 Å². The van der Waals surface area contributed by atoms with E-state index in [1.165, 1.54) is 0 Å². The maximum absolute atomic E-state index is 10.8. The van der Waals surface area contributed by atoms with Gasteiger partial charge in [0.2, 0.25) is 0 Å². The second-order valence-corrected chi connectivity index (χ2v) is 5.88. The highest BCUT2D eigenvalue weighted by atomic mass is 79.9. The molecular formula is C12H12BrCl2NO3. The van der Waals surface area contributed by atoms with E-state index in [0.29, 0.717) is 35.1 Å². The summed E-state index contributed by atoms with van der Waals surface area (Å²) in [6.07, 6.45) is 0.429. The minimum Gasteiger partial charge on any atom is -0.479 e. The van der Waals surface area contributed by atoms with E-state index in [1.54, 1.807) is 6.07 Å². The van der Waals surface area contributed by atoms with E-state index in [2.05, 4.69) is 21.2 Å². The molecule has 1 heterocycles. The molecule has 0 amide bonds. The molecule has 2 atom stereocenters. The summed E-state index contributed by atoms with van der Waals surface area (Å²) >= 11 is 15.4. The number of hydrogen-bond donors (Lipinski definition) is 2. The van der Waals surface area contributed by atoms with E-state index in [9.17, 15) is 4.79 Å². The lowest BCUT2D eigenvalue weighted by molar-refractivity contribution is -0.149. The molecule has 0 aromatic heterocycles. The van der Waals surface area contributed by atoms with E-state index in [-0.39, 0.29) is 6.10 Å². The van der Waals surface area contributed by atoms with E-state index in [1.807, 2.05) is 6.07 Å². The van der Waals surface area contributed by atoms with Crippen molar-refractivity contribution in [2.24, 2.45) is 0 Å². The van der Waals surface area contributed by atoms with Crippen molar-refractivity contribution in [3.8, 4) is 0 Å². The van der Waals surface area contributed by atoms with Crippen molar-refractivity contribution in [3.05, 3.63) is 26.7 Å². The standard InChI is InChI=1S/C12H12BrCl2NO3/c13-7-2-3-8(11(15)10(7)14)16-5-6-1-4-9(19-6)12(17)18/h2-3,6,9,16H,1,4-5H2,(H,17,18). The second kappa shape index (κ2) is 6.31. The molecule has 1 aliphatic heterocycles. The van der Waals surface area contributed by atoms with Crippen molar-refractivity contribution in [2.45, 2.75) is 25.0 Å². The van der Waals surface area contributed by atoms with Crippen molar-refractivity contribution in [1.29, 1.82) is 0 Å². The first-order chi connectivity index (χ1) is 8.99. The predicted octanol–water partition coefficient (Wildman–Crippen LogP) is 3.80. The van der Waals surface area contributed by atoms with Gasteiger partial charge in [-0.3, -0.25) is 0 Å². The second-order valence-electron chi connectivity index (χ2n) is 4.27. The molecule has 0 aliphatic carbocycles. The Morgan fingerprint density at radius 1 is 1.42 bits per heavy atom. The molecule has 1 aromatic rings. The van der Waals surface area contributed by atoms with Crippen LogP contribution in [0.2, 0.25) is 10.0 Å². The van der Waals surface area contributed by atoms with Crippen LogP contribution in [0.5, 0.6) is 0 Å². The number of carbonyl (C=O) groups is 1. The number of carboxylic acid groups (broad SMARTS) is 1. The molecule has 4 nitrogen and oxygen atoms in total. The number of halogens is 3. The third-order valence-corrected chi connectivity index (χ3v) is 4.71. The van der Waals surface area contributed by atoms with E-state index >= 15 is 0 Å². The van der Waals surface area contributed by atoms with Gasteiger partial charge in [0.05, 0.1) is 21.8 Å². The Morgan fingerprint density at radius 3 is 2.79 bits per heavy atom. The number of rotatable bonds is 4. The summed E-state index contributed by atoms with van der Waals surface area (Å²) in [6, 6.07) is 3.61. The van der Waals surface area contributed by atoms with Gasteiger partial charge in [0, 0.05) is 11.0 Å². The average Bonchev–Trinajstić information content (AvgIpc) is 2.84. The number of ether oxygens (including phenoxy) is 1. The minimum atomic E-state index is -0.910. The van der Waals surface area contributed by atoms with Gasteiger partial charge >= 0.3 is 5.97 Å². The van der Waals surface area contributed by atoms with Crippen molar-refractivity contribution in [1.82, 2.24) is 0 Å². The topological polar surface area (TPSA) is 58.6 Å². The normalized spacial score (nSPS) is 22.5. The first kappa shape index (κ1) is 14.9. The maximum Gasteiger partial charge on any atom is 0.332 e. The van der Waals surface area contributed by atoms with Crippen LogP contribution in [-0.4, -0.2) is 29.8 Å². The van der Waals surface area contributed by atoms with Gasteiger partial charge in [0.25, 0.3) is 0 Å². The van der Waals surface area contributed by atoms with Crippen LogP contribution in [0.4, 0.5) is 5.69 Å². The maximum atomic E-state index is 10.8. The lowest BCUT2D eigenvalue weighted by Crippen LogP contribution is -2.24. The van der Waals surface area contributed by atoms with Crippen molar-refractivity contribution < 1.29 is 14.6 Å². The third-order valence-electron chi connectivity index (χ3n) is 2.94. The quantitative estimate of drug-likeness (QED) is 0.793. The van der Waals surface area contributed by atoms with E-state index in [4.69, 9.17) is 33.0 Å². The lowest BCUT2D eigenvalue weighted by atomic mass is 10.2. The summed E-state index contributed by atoms with van der Waals surface area (Å²) in [7, 11) is 0. The van der Waals surface area contributed by atoms with Crippen LogP contribution in [0.1, 0.15) is 12.8 Å². The summed E-state index contributed by atoms with van der Waals surface area (Å²) < 4.78 is 6.12. The fraction of sp³-hybridized carbons (Fsp3) is 0.417. The van der Waals surface area contributed by atoms with Crippen molar-refractivity contribution in [2.75, 3.05) is 11.9 Å². The Hall–Kier alpha value is -0.490. The highest BCUT2D eigenvalue weighted by molar-refractivity contribution is 9.10. The summed E-state index contributed by atoms with van der Waals surface area (Å²) in [6.45, 7) is 0.501. The number of benzene rings is 1. The molecule has 2 rings (SSSR count). The molecule has 7 heteroatoms. The van der Waals surface area contributed by atoms with Crippen LogP contribution < -0.4 is 5.32 Å². The van der Waals surface area contributed by atoms with Crippen molar-refractivity contribution in [3.63, 3.8) is 0 Å². The molecule has 2 unspecified atom stereocenters. The zero-order chi connectivity index (χ0) is 14.0. The Morgan fingerprint density at radius 2 is 2.16 bits per heavy atom. The Labute approximate surface area is 129 Å². The number of anilines is 1. The molecule has 1 aliphatic rings. The van der Waals surface area contributed by atoms with Crippen LogP contribution in [0, 0.1) is 0 Å². The Kier molecular flexibility index (Phi) is 4.95. The van der Waals surface area contributed by atoms with Crippen LogP contribution in [0.25, 0.3) is 0 Å². The fourth-order valence-electron chi connectivity index (χ4n) is 1.92. The first-order valence-corrected chi connectivity index (χ1v) is 7.29. The highest BCUT2D eigenvalue weighted by Gasteiger charge is 2.30. The minimum absolute atomic E-state index is 0.125. The monoisotopic (exact) mass is 367 g/mol. The summed E-state index contributed by atoms with van der Waals surface area (Å²) in [5.41, 5.74) is 0.706. The first-order valence-electron chi connectivity index (χ1n) is 5.74. The molecule has 1 saturated heterocycles. The summed E-state index contributed by atoms with van der Waals surface area (Å²) in [4.78, 5) is 10.8. The average molecular weight is 369 g/mol. The molecule has 0 saturated carbocycles. The molecule has 0 spiro atoms. The molecule has 2 N–H and O–H groups in total. The summed E-state index contributed by atoms with van der Waals surface area (Å²) in [5, 5.41) is 12.8. The zero-order valence-electron chi connectivity index (χ0n) is 9.83. The Balaban J connectivity index is 1.93. The van der Waals surface area contributed by atoms with Crippen LogP contribution in [0.3, 0.4) is 0 Å². The molecule has 104 valence electrons. The smallest absolute Gasteiger partial charge is 0.332 e. The molecule has 19 heavy (non-hydrogen) atoms. The van der Waals surface area contributed by atoms with Gasteiger partial charge in [-0.15, -0.1) is 0 Å². The van der Waals surface area contributed by atoms with Crippen LogP contribution >= 0.6 is 39.1 Å². The van der Waals surface area contributed by atoms with Gasteiger partial charge < -0.3 is 15.2 Å². The SMILES string of the molecule is O=C(O)C1CCC(CNc2ccc(Br)c(Cl)c2Cl)O1. The van der Waals surface area contributed by atoms with Crippen LogP contribution in [0.15, 0.2) is 16.6 Å². The zero-order valence-corrected chi connectivity index (χ0v) is 12.9. The fourth-order valence-corrected chi connectivity index (χ4v) is 2.76. The Bertz CT molecular complexity index is 498.